The van der Waals surface area contributed by atoms with Gasteiger partial charge in [-0.25, -0.2) is 8.42 Å². The number of thioether (sulfide) groups is 1. The third-order valence-corrected chi connectivity index (χ3v) is 8.29. The first-order valence-electron chi connectivity index (χ1n) is 8.15. The van der Waals surface area contributed by atoms with Crippen LogP contribution in [0.1, 0.15) is 33.6 Å². The molecule has 1 fully saturated rings. The van der Waals surface area contributed by atoms with Gasteiger partial charge in [-0.3, -0.25) is 4.79 Å². The highest BCUT2D eigenvalue weighted by Crippen LogP contribution is 2.26. The van der Waals surface area contributed by atoms with E-state index < -0.39 is 10.0 Å². The molecule has 24 heavy (non-hydrogen) atoms. The summed E-state index contributed by atoms with van der Waals surface area (Å²) in [5.74, 6) is 0.572. The molecule has 1 N–H and O–H groups in total. The number of amides is 1. The minimum Gasteiger partial charge on any atom is -0.355 e. The first-order valence-corrected chi connectivity index (χ1v) is 11.5. The van der Waals surface area contributed by atoms with Crippen LogP contribution in [0.15, 0.2) is 21.7 Å². The first-order chi connectivity index (χ1) is 11.2. The molecule has 136 valence electrons. The lowest BCUT2D eigenvalue weighted by atomic mass is 9.99. The Labute approximate surface area is 153 Å². The molecule has 1 amide bonds. The topological polar surface area (TPSA) is 66.5 Å². The van der Waals surface area contributed by atoms with E-state index in [1.165, 1.54) is 15.6 Å². The Morgan fingerprint density at radius 2 is 2.21 bits per heavy atom. The minimum atomic E-state index is -3.46. The maximum Gasteiger partial charge on any atom is 0.252 e. The number of carbonyl (C=O) groups excluding carboxylic acids is 1. The summed E-state index contributed by atoms with van der Waals surface area (Å²) < 4.78 is 27.2. The summed E-state index contributed by atoms with van der Waals surface area (Å²) in [5.41, 5.74) is 0. The Bertz CT molecular complexity index is 636. The van der Waals surface area contributed by atoms with Crippen LogP contribution < -0.4 is 5.32 Å². The lowest BCUT2D eigenvalue weighted by molar-refractivity contribution is -0.125. The van der Waals surface area contributed by atoms with Crippen molar-refractivity contribution in [2.75, 3.05) is 25.4 Å². The quantitative estimate of drug-likeness (QED) is 0.759. The average Bonchev–Trinajstić information content (AvgIpc) is 3.06. The van der Waals surface area contributed by atoms with Crippen LogP contribution in [0.4, 0.5) is 0 Å². The normalized spacial score (nSPS) is 20.0. The molecule has 2 rings (SSSR count). The van der Waals surface area contributed by atoms with Crippen molar-refractivity contribution in [3.8, 4) is 0 Å². The van der Waals surface area contributed by atoms with Crippen molar-refractivity contribution in [2.45, 2.75) is 42.6 Å². The molecule has 0 aromatic carbocycles. The molecule has 0 bridgehead atoms. The number of nitrogens with one attached hydrogen (secondary N) is 1. The lowest BCUT2D eigenvalue weighted by Crippen LogP contribution is -2.45. The first kappa shape index (κ1) is 19.8. The largest absolute Gasteiger partial charge is 0.355 e. The Kier molecular flexibility index (Phi) is 6.75. The fourth-order valence-corrected chi connectivity index (χ4v) is 6.07. The van der Waals surface area contributed by atoms with E-state index in [9.17, 15) is 13.2 Å². The number of rotatable bonds is 6. The number of hydrogen-bond donors (Lipinski definition) is 1. The number of nitrogens with zero attached hydrogens (tertiary/aromatic N) is 1. The SMILES string of the molecule is CC(C)(C)SCCNC(=O)[C@H]1CCCN(S(=O)(=O)c2cccs2)C1. The zero-order chi connectivity index (χ0) is 17.8. The van der Waals surface area contributed by atoms with E-state index in [4.69, 9.17) is 0 Å². The fraction of sp³-hybridized carbons (Fsp3) is 0.688. The van der Waals surface area contributed by atoms with Gasteiger partial charge < -0.3 is 5.32 Å². The molecule has 0 unspecified atom stereocenters. The number of carbonyl (C=O) groups is 1. The molecule has 1 aliphatic heterocycles. The van der Waals surface area contributed by atoms with Gasteiger partial charge in [0.15, 0.2) is 0 Å². The van der Waals surface area contributed by atoms with Crippen molar-refractivity contribution in [1.82, 2.24) is 9.62 Å². The molecular formula is C16H26N2O3S3. The molecule has 0 aliphatic carbocycles. The number of thiophene rings is 1. The van der Waals surface area contributed by atoms with Gasteiger partial charge in [0.1, 0.15) is 4.21 Å². The molecule has 1 saturated heterocycles. The van der Waals surface area contributed by atoms with Gasteiger partial charge in [0.2, 0.25) is 5.91 Å². The van der Waals surface area contributed by atoms with E-state index in [2.05, 4.69) is 26.1 Å². The lowest BCUT2D eigenvalue weighted by Gasteiger charge is -2.30. The van der Waals surface area contributed by atoms with Gasteiger partial charge in [0.25, 0.3) is 10.0 Å². The van der Waals surface area contributed by atoms with Gasteiger partial charge in [-0.15, -0.1) is 11.3 Å². The number of piperidine rings is 1. The van der Waals surface area contributed by atoms with E-state index >= 15 is 0 Å². The van der Waals surface area contributed by atoms with Crippen molar-refractivity contribution >= 4 is 39.0 Å². The van der Waals surface area contributed by atoms with Crippen LogP contribution in [-0.2, 0) is 14.8 Å². The molecule has 8 heteroatoms. The predicted molar refractivity (Wildman–Crippen MR) is 101 cm³/mol. The van der Waals surface area contributed by atoms with Crippen molar-refractivity contribution in [3.63, 3.8) is 0 Å². The summed E-state index contributed by atoms with van der Waals surface area (Å²) in [6, 6.07) is 3.35. The molecule has 1 aromatic rings. The minimum absolute atomic E-state index is 0.0319. The molecule has 2 heterocycles. The highest BCUT2D eigenvalue weighted by atomic mass is 32.2. The van der Waals surface area contributed by atoms with Crippen molar-refractivity contribution in [3.05, 3.63) is 17.5 Å². The molecule has 1 atom stereocenters. The monoisotopic (exact) mass is 390 g/mol. The summed E-state index contributed by atoms with van der Waals surface area (Å²) in [6.07, 6.45) is 1.47. The van der Waals surface area contributed by atoms with Gasteiger partial charge in [-0.2, -0.15) is 16.1 Å². The van der Waals surface area contributed by atoms with E-state index in [1.807, 2.05) is 0 Å². The molecule has 0 spiro atoms. The third-order valence-electron chi connectivity index (χ3n) is 3.78. The zero-order valence-corrected chi connectivity index (χ0v) is 16.9. The number of hydrogen-bond acceptors (Lipinski definition) is 5. The summed E-state index contributed by atoms with van der Waals surface area (Å²) in [6.45, 7) is 7.83. The average molecular weight is 391 g/mol. The Morgan fingerprint density at radius 3 is 2.83 bits per heavy atom. The van der Waals surface area contributed by atoms with Crippen LogP contribution in [0.25, 0.3) is 0 Å². The summed E-state index contributed by atoms with van der Waals surface area (Å²) in [4.78, 5) is 12.3. The van der Waals surface area contributed by atoms with E-state index in [1.54, 1.807) is 29.3 Å². The smallest absolute Gasteiger partial charge is 0.252 e. The Morgan fingerprint density at radius 1 is 1.46 bits per heavy atom. The second-order valence-corrected chi connectivity index (χ2v) is 11.9. The fourth-order valence-electron chi connectivity index (χ4n) is 2.59. The second kappa shape index (κ2) is 8.21. The molecule has 1 aliphatic rings. The highest BCUT2D eigenvalue weighted by molar-refractivity contribution is 8.00. The third kappa shape index (κ3) is 5.47. The number of sulfonamides is 1. The van der Waals surface area contributed by atoms with E-state index in [0.717, 1.165) is 18.6 Å². The van der Waals surface area contributed by atoms with Gasteiger partial charge in [-0.05, 0) is 24.3 Å². The molecular weight excluding hydrogens is 364 g/mol. The van der Waals surface area contributed by atoms with Gasteiger partial charge >= 0.3 is 0 Å². The van der Waals surface area contributed by atoms with Crippen molar-refractivity contribution < 1.29 is 13.2 Å². The van der Waals surface area contributed by atoms with Crippen LogP contribution in [0.5, 0.6) is 0 Å². The van der Waals surface area contributed by atoms with Crippen LogP contribution in [0.3, 0.4) is 0 Å². The zero-order valence-electron chi connectivity index (χ0n) is 14.4. The molecule has 1 aromatic heterocycles. The maximum absolute atomic E-state index is 12.6. The highest BCUT2D eigenvalue weighted by Gasteiger charge is 2.33. The summed E-state index contributed by atoms with van der Waals surface area (Å²) in [5, 5.41) is 4.71. The summed E-state index contributed by atoms with van der Waals surface area (Å²) >= 11 is 3.02. The molecule has 0 saturated carbocycles. The van der Waals surface area contributed by atoms with Crippen molar-refractivity contribution in [1.29, 1.82) is 0 Å². The molecule has 5 nitrogen and oxygen atoms in total. The van der Waals surface area contributed by atoms with Crippen molar-refractivity contribution in [2.24, 2.45) is 5.92 Å². The predicted octanol–water partition coefficient (Wildman–Crippen LogP) is 2.80. The van der Waals surface area contributed by atoms with Gasteiger partial charge in [0, 0.05) is 30.1 Å². The maximum atomic E-state index is 12.6. The standard InChI is InChI=1S/C16H26N2O3S3/c1-16(2,3)23-11-8-17-15(19)13-6-4-9-18(12-13)24(20,21)14-7-5-10-22-14/h5,7,10,13H,4,6,8-9,11-12H2,1-3H3,(H,17,19)/t13-/m0/s1. The van der Waals surface area contributed by atoms with Crippen LogP contribution in [0.2, 0.25) is 0 Å². The van der Waals surface area contributed by atoms with Crippen LogP contribution in [0, 0.1) is 5.92 Å². The Hall–Kier alpha value is -0.570. The molecule has 0 radical (unpaired) electrons. The van der Waals surface area contributed by atoms with Gasteiger partial charge in [0.05, 0.1) is 5.92 Å². The van der Waals surface area contributed by atoms with Crippen LogP contribution >= 0.6 is 23.1 Å². The second-order valence-electron chi connectivity index (χ2n) is 6.89. The Balaban J connectivity index is 1.87. The summed E-state index contributed by atoms with van der Waals surface area (Å²) in [7, 11) is -3.46. The van der Waals surface area contributed by atoms with E-state index in [-0.39, 0.29) is 23.1 Å². The van der Waals surface area contributed by atoms with Gasteiger partial charge in [-0.1, -0.05) is 26.8 Å². The van der Waals surface area contributed by atoms with Crippen LogP contribution in [-0.4, -0.2) is 48.8 Å². The van der Waals surface area contributed by atoms with E-state index in [0.29, 0.717) is 17.3 Å².